The molecule has 0 atom stereocenters. The molecular formula is C21H16N2O4S. The highest BCUT2D eigenvalue weighted by Gasteiger charge is 2.15. The van der Waals surface area contributed by atoms with Crippen LogP contribution in [0.5, 0.6) is 0 Å². The van der Waals surface area contributed by atoms with Crippen molar-refractivity contribution in [2.75, 3.05) is 4.72 Å². The van der Waals surface area contributed by atoms with Crippen LogP contribution in [-0.2, 0) is 21.4 Å². The maximum absolute atomic E-state index is 12.4. The Labute approximate surface area is 163 Å². The second-order valence-electron chi connectivity index (χ2n) is 5.84. The van der Waals surface area contributed by atoms with Gasteiger partial charge < -0.3 is 4.74 Å². The molecule has 0 heterocycles. The largest absolute Gasteiger partial charge is 0.457 e. The summed E-state index contributed by atoms with van der Waals surface area (Å²) in [6.07, 6.45) is 0. The predicted molar refractivity (Wildman–Crippen MR) is 104 cm³/mol. The molecule has 0 bridgehead atoms. The van der Waals surface area contributed by atoms with E-state index < -0.39 is 16.0 Å². The SMILES string of the molecule is N#Cc1ccccc1COC(=O)c1cccc(NS(=O)(=O)c2ccccc2)c1. The van der Waals surface area contributed by atoms with Gasteiger partial charge in [-0.1, -0.05) is 42.5 Å². The van der Waals surface area contributed by atoms with Crippen molar-refractivity contribution in [1.82, 2.24) is 0 Å². The molecule has 140 valence electrons. The summed E-state index contributed by atoms with van der Waals surface area (Å²) in [4.78, 5) is 12.4. The Morgan fingerprint density at radius 2 is 1.68 bits per heavy atom. The first-order valence-electron chi connectivity index (χ1n) is 8.33. The Morgan fingerprint density at radius 3 is 2.43 bits per heavy atom. The third-order valence-corrected chi connectivity index (χ3v) is 5.30. The average molecular weight is 392 g/mol. The van der Waals surface area contributed by atoms with Gasteiger partial charge in [0.05, 0.1) is 22.1 Å². The van der Waals surface area contributed by atoms with Crippen molar-refractivity contribution in [2.24, 2.45) is 0 Å². The van der Waals surface area contributed by atoms with Crippen LogP contribution < -0.4 is 4.72 Å². The molecule has 0 amide bonds. The van der Waals surface area contributed by atoms with Gasteiger partial charge in [-0.2, -0.15) is 5.26 Å². The van der Waals surface area contributed by atoms with Gasteiger partial charge in [-0.15, -0.1) is 0 Å². The van der Waals surface area contributed by atoms with Crippen molar-refractivity contribution >= 4 is 21.7 Å². The molecule has 0 aliphatic rings. The number of nitrogens with zero attached hydrogens (tertiary/aromatic N) is 1. The van der Waals surface area contributed by atoms with Gasteiger partial charge in [0.2, 0.25) is 0 Å². The number of ether oxygens (including phenoxy) is 1. The minimum absolute atomic E-state index is 0.0530. The van der Waals surface area contributed by atoms with E-state index in [0.717, 1.165) is 0 Å². The molecule has 0 unspecified atom stereocenters. The highest BCUT2D eigenvalue weighted by molar-refractivity contribution is 7.92. The van der Waals surface area contributed by atoms with E-state index in [2.05, 4.69) is 4.72 Å². The molecule has 6 nitrogen and oxygen atoms in total. The van der Waals surface area contributed by atoms with E-state index in [4.69, 9.17) is 10.00 Å². The molecule has 3 aromatic rings. The van der Waals surface area contributed by atoms with Crippen molar-refractivity contribution in [3.05, 3.63) is 95.6 Å². The summed E-state index contributed by atoms with van der Waals surface area (Å²) in [6, 6.07) is 22.8. The minimum Gasteiger partial charge on any atom is -0.457 e. The number of carbonyl (C=O) groups is 1. The molecule has 0 saturated carbocycles. The number of anilines is 1. The number of esters is 1. The lowest BCUT2D eigenvalue weighted by atomic mass is 10.1. The van der Waals surface area contributed by atoms with Gasteiger partial charge >= 0.3 is 5.97 Å². The zero-order valence-corrected chi connectivity index (χ0v) is 15.5. The summed E-state index contributed by atoms with van der Waals surface area (Å²) in [5, 5.41) is 9.08. The smallest absolute Gasteiger partial charge is 0.338 e. The lowest BCUT2D eigenvalue weighted by Gasteiger charge is -2.10. The van der Waals surface area contributed by atoms with Gasteiger partial charge in [-0.05, 0) is 36.4 Å². The number of hydrogen-bond donors (Lipinski definition) is 1. The Morgan fingerprint density at radius 1 is 0.964 bits per heavy atom. The van der Waals surface area contributed by atoms with Crippen molar-refractivity contribution in [3.63, 3.8) is 0 Å². The summed E-state index contributed by atoms with van der Waals surface area (Å²) in [7, 11) is -3.76. The first-order chi connectivity index (χ1) is 13.5. The lowest BCUT2D eigenvalue weighted by Crippen LogP contribution is -2.13. The molecular weight excluding hydrogens is 376 g/mol. The molecule has 0 aromatic heterocycles. The Kier molecular flexibility index (Phi) is 5.72. The topological polar surface area (TPSA) is 96.3 Å². The lowest BCUT2D eigenvalue weighted by molar-refractivity contribution is 0.0472. The zero-order valence-electron chi connectivity index (χ0n) is 14.7. The third kappa shape index (κ3) is 4.55. The van der Waals surface area contributed by atoms with E-state index >= 15 is 0 Å². The molecule has 28 heavy (non-hydrogen) atoms. The molecule has 0 spiro atoms. The molecule has 3 aromatic carbocycles. The van der Waals surface area contributed by atoms with Crippen molar-refractivity contribution < 1.29 is 17.9 Å². The molecule has 0 aliphatic heterocycles. The number of sulfonamides is 1. The second kappa shape index (κ2) is 8.37. The van der Waals surface area contributed by atoms with Crippen LogP contribution >= 0.6 is 0 Å². The van der Waals surface area contributed by atoms with Crippen LogP contribution in [0.15, 0.2) is 83.8 Å². The number of hydrogen-bond acceptors (Lipinski definition) is 5. The second-order valence-corrected chi connectivity index (χ2v) is 7.53. The van der Waals surface area contributed by atoms with E-state index in [1.54, 1.807) is 54.6 Å². The van der Waals surface area contributed by atoms with Crippen LogP contribution in [0.4, 0.5) is 5.69 Å². The molecule has 0 aliphatic carbocycles. The summed E-state index contributed by atoms with van der Waals surface area (Å²) >= 11 is 0. The van der Waals surface area contributed by atoms with Crippen LogP contribution in [0.1, 0.15) is 21.5 Å². The fourth-order valence-corrected chi connectivity index (χ4v) is 3.58. The van der Waals surface area contributed by atoms with E-state index in [0.29, 0.717) is 11.1 Å². The van der Waals surface area contributed by atoms with Crippen LogP contribution in [0.25, 0.3) is 0 Å². The molecule has 0 radical (unpaired) electrons. The summed E-state index contributed by atoms with van der Waals surface area (Å²) in [6.45, 7) is -0.0530. The van der Waals surface area contributed by atoms with Crippen LogP contribution in [0.2, 0.25) is 0 Å². The highest BCUT2D eigenvalue weighted by Crippen LogP contribution is 2.18. The molecule has 1 N–H and O–H groups in total. The number of nitrogens with one attached hydrogen (secondary N) is 1. The maximum atomic E-state index is 12.4. The standard InChI is InChI=1S/C21H16N2O4S/c22-14-17-7-4-5-8-18(17)15-27-21(24)16-9-6-10-19(13-16)23-28(25,26)20-11-2-1-3-12-20/h1-13,23H,15H2. The Hall–Kier alpha value is -3.63. The number of benzene rings is 3. The average Bonchev–Trinajstić information content (AvgIpc) is 2.72. The van der Waals surface area contributed by atoms with Gasteiger partial charge in [0.15, 0.2) is 0 Å². The van der Waals surface area contributed by atoms with Gasteiger partial charge in [0.25, 0.3) is 10.0 Å². The molecule has 0 fully saturated rings. The third-order valence-electron chi connectivity index (χ3n) is 3.90. The van der Waals surface area contributed by atoms with Crippen LogP contribution in [-0.4, -0.2) is 14.4 Å². The summed E-state index contributed by atoms with van der Waals surface area (Å²) in [5.41, 5.74) is 1.47. The first kappa shape index (κ1) is 19.1. The van der Waals surface area contributed by atoms with E-state index in [1.165, 1.54) is 24.3 Å². The highest BCUT2D eigenvalue weighted by atomic mass is 32.2. The predicted octanol–water partition coefficient (Wildman–Crippen LogP) is 3.72. The maximum Gasteiger partial charge on any atom is 0.338 e. The normalized spacial score (nSPS) is 10.7. The summed E-state index contributed by atoms with van der Waals surface area (Å²) in [5.74, 6) is -0.617. The van der Waals surface area contributed by atoms with Gasteiger partial charge in [-0.25, -0.2) is 13.2 Å². The van der Waals surface area contributed by atoms with Crippen molar-refractivity contribution in [1.29, 1.82) is 5.26 Å². The minimum atomic E-state index is -3.76. The summed E-state index contributed by atoms with van der Waals surface area (Å²) < 4.78 is 32.5. The fraction of sp³-hybridized carbons (Fsp3) is 0.0476. The van der Waals surface area contributed by atoms with E-state index in [-0.39, 0.29) is 22.8 Å². The van der Waals surface area contributed by atoms with E-state index in [9.17, 15) is 13.2 Å². The number of nitriles is 1. The zero-order chi connectivity index (χ0) is 20.0. The Balaban J connectivity index is 1.72. The Bertz CT molecular complexity index is 1140. The molecule has 0 saturated heterocycles. The monoisotopic (exact) mass is 392 g/mol. The van der Waals surface area contributed by atoms with Gasteiger partial charge in [-0.3, -0.25) is 4.72 Å². The van der Waals surface area contributed by atoms with Crippen molar-refractivity contribution in [3.8, 4) is 6.07 Å². The van der Waals surface area contributed by atoms with Crippen LogP contribution in [0.3, 0.4) is 0 Å². The van der Waals surface area contributed by atoms with E-state index in [1.807, 2.05) is 6.07 Å². The molecule has 3 rings (SSSR count). The number of rotatable bonds is 6. The fourth-order valence-electron chi connectivity index (χ4n) is 2.51. The first-order valence-corrected chi connectivity index (χ1v) is 9.81. The quantitative estimate of drug-likeness (QED) is 0.645. The van der Waals surface area contributed by atoms with Gasteiger partial charge in [0, 0.05) is 11.3 Å². The van der Waals surface area contributed by atoms with Crippen LogP contribution in [0, 0.1) is 11.3 Å². The molecule has 7 heteroatoms. The number of carbonyl (C=O) groups excluding carboxylic acids is 1. The van der Waals surface area contributed by atoms with Gasteiger partial charge in [0.1, 0.15) is 6.61 Å². The van der Waals surface area contributed by atoms with Crippen molar-refractivity contribution in [2.45, 2.75) is 11.5 Å².